The van der Waals surface area contributed by atoms with E-state index in [1.165, 1.54) is 66.1 Å². The molecular weight excluding hydrogens is 1030 g/mol. The predicted molar refractivity (Wildman–Crippen MR) is 341 cm³/mol. The van der Waals surface area contributed by atoms with E-state index in [4.69, 9.17) is 0 Å². The van der Waals surface area contributed by atoms with Crippen molar-refractivity contribution in [2.75, 3.05) is 0 Å². The number of carbonyl (C=O) groups excluding carboxylic acids is 2. The van der Waals surface area contributed by atoms with Crippen molar-refractivity contribution in [2.45, 2.75) is 64.7 Å². The normalized spacial score (nSPS) is 13.0. The van der Waals surface area contributed by atoms with Gasteiger partial charge in [0.25, 0.3) is 0 Å². The molecule has 0 aliphatic carbocycles. The van der Waals surface area contributed by atoms with Crippen LogP contribution in [-0.4, -0.2) is 45.9 Å². The van der Waals surface area contributed by atoms with Crippen molar-refractivity contribution in [3.63, 3.8) is 0 Å². The topological polar surface area (TPSA) is 103 Å². The van der Waals surface area contributed by atoms with Gasteiger partial charge in [0.05, 0.1) is 16.6 Å². The third kappa shape index (κ3) is 12.6. The molecule has 0 bridgehead atoms. The largest absolute Gasteiger partial charge is 0.316 e. The van der Waals surface area contributed by atoms with Crippen LogP contribution in [0.25, 0.3) is 49.8 Å². The molecule has 1 N–H and O–H groups in total. The molecule has 0 amide bonds. The molecule has 2 unspecified atom stereocenters. The summed E-state index contributed by atoms with van der Waals surface area (Å²) in [4.78, 5) is 23.8. The minimum Gasteiger partial charge on any atom is -0.316 e. The molecule has 4 heterocycles. The number of hydrogen-bond donors (Lipinski definition) is 1. The molecule has 0 saturated heterocycles. The summed E-state index contributed by atoms with van der Waals surface area (Å²) in [6.07, 6.45) is 8.60. The van der Waals surface area contributed by atoms with Gasteiger partial charge in [-0.05, 0) is 114 Å². The molecule has 0 aliphatic heterocycles. The second-order valence-corrected chi connectivity index (χ2v) is 22.0. The SMILES string of the molecule is CC(=O)C[C@@H](C)C(c1ccccc1)c1cn(-c2ccccc2)c2ccccc12.CC(=O)C[C@H](C)[C@@H](c1ccccc1)c1cn(-c2ccccc2)c2ccccc12.c1ccc(C(Cc2nn[nH]n2)c2cn(-c3ccccc3)c3ccccc23)cc1. The molecule has 4 aromatic heterocycles. The van der Waals surface area contributed by atoms with E-state index in [0.29, 0.717) is 25.1 Å². The fraction of sp³-hybridized carbons (Fsp3) is 0.160. The molecule has 416 valence electrons. The number of benzene rings is 9. The summed E-state index contributed by atoms with van der Waals surface area (Å²) in [5, 5.41) is 18.4. The summed E-state index contributed by atoms with van der Waals surface area (Å²) >= 11 is 0. The van der Waals surface area contributed by atoms with Crippen molar-refractivity contribution in [1.82, 2.24) is 34.3 Å². The number of nitrogens with one attached hydrogen (secondary N) is 1. The Morgan fingerprint density at radius 3 is 1.05 bits per heavy atom. The average Bonchev–Trinajstić information content (AvgIpc) is 2.78. The van der Waals surface area contributed by atoms with Crippen LogP contribution in [0.3, 0.4) is 0 Å². The van der Waals surface area contributed by atoms with Gasteiger partial charge in [0.15, 0.2) is 5.82 Å². The number of rotatable bonds is 17. The van der Waals surface area contributed by atoms with Crippen molar-refractivity contribution in [3.05, 3.63) is 313 Å². The predicted octanol–water partition coefficient (Wildman–Crippen LogP) is 17.3. The smallest absolute Gasteiger partial charge is 0.175 e. The number of nitrogens with zero attached hydrogens (tertiary/aromatic N) is 6. The van der Waals surface area contributed by atoms with Gasteiger partial charge in [0, 0.05) is 88.8 Å². The molecule has 0 aliphatic rings. The fourth-order valence-electron chi connectivity index (χ4n) is 12.4. The summed E-state index contributed by atoms with van der Waals surface area (Å²) in [7, 11) is 0. The first-order valence-corrected chi connectivity index (χ1v) is 29.0. The molecule has 13 rings (SSSR count). The number of tetrazole rings is 1. The number of aromatic nitrogens is 7. The van der Waals surface area contributed by atoms with Gasteiger partial charge in [-0.2, -0.15) is 5.21 Å². The van der Waals surface area contributed by atoms with Crippen LogP contribution >= 0.6 is 0 Å². The summed E-state index contributed by atoms with van der Waals surface area (Å²) in [5.74, 6) is 2.09. The molecule has 0 fully saturated rings. The molecule has 0 saturated carbocycles. The minimum atomic E-state index is 0.133. The summed E-state index contributed by atoms with van der Waals surface area (Å²) in [6, 6.07) is 88.6. The Morgan fingerprint density at radius 1 is 0.393 bits per heavy atom. The van der Waals surface area contributed by atoms with E-state index in [2.05, 4.69) is 285 Å². The molecule has 9 heteroatoms. The third-order valence-electron chi connectivity index (χ3n) is 16.0. The number of hydrogen-bond acceptors (Lipinski definition) is 5. The van der Waals surface area contributed by atoms with Gasteiger partial charge >= 0.3 is 0 Å². The van der Waals surface area contributed by atoms with Crippen molar-refractivity contribution >= 4 is 44.3 Å². The van der Waals surface area contributed by atoms with Gasteiger partial charge in [-0.15, -0.1) is 10.2 Å². The van der Waals surface area contributed by atoms with E-state index in [9.17, 15) is 9.59 Å². The third-order valence-corrected chi connectivity index (χ3v) is 16.0. The lowest BCUT2D eigenvalue weighted by Gasteiger charge is -2.24. The van der Waals surface area contributed by atoms with E-state index in [1.807, 2.05) is 36.4 Å². The number of ketones is 2. The zero-order valence-corrected chi connectivity index (χ0v) is 48.0. The van der Waals surface area contributed by atoms with Gasteiger partial charge in [-0.3, -0.25) is 0 Å². The zero-order chi connectivity index (χ0) is 57.8. The molecule has 13 aromatic rings. The molecule has 84 heavy (non-hydrogen) atoms. The number of para-hydroxylation sites is 6. The molecule has 5 atom stereocenters. The van der Waals surface area contributed by atoms with Crippen molar-refractivity contribution in [3.8, 4) is 17.1 Å². The summed E-state index contributed by atoms with van der Waals surface area (Å²) < 4.78 is 6.79. The van der Waals surface area contributed by atoms with Crippen LogP contribution in [0.1, 0.15) is 97.5 Å². The minimum absolute atomic E-state index is 0.133. The number of H-pyrrole nitrogens is 1. The van der Waals surface area contributed by atoms with Gasteiger partial charge in [-0.1, -0.05) is 219 Å². The van der Waals surface area contributed by atoms with E-state index < -0.39 is 0 Å². The Bertz CT molecular complexity index is 4040. The first-order chi connectivity index (χ1) is 41.2. The van der Waals surface area contributed by atoms with Gasteiger partial charge < -0.3 is 23.3 Å². The number of fused-ring (bicyclic) bond motifs is 3. The Morgan fingerprint density at radius 2 is 0.702 bits per heavy atom. The zero-order valence-electron chi connectivity index (χ0n) is 48.0. The van der Waals surface area contributed by atoms with Crippen LogP contribution in [0.15, 0.2) is 273 Å². The van der Waals surface area contributed by atoms with Crippen molar-refractivity contribution in [2.24, 2.45) is 11.8 Å². The maximum atomic E-state index is 11.9. The van der Waals surface area contributed by atoms with E-state index in [0.717, 1.165) is 17.1 Å². The first-order valence-electron chi connectivity index (χ1n) is 29.0. The average molecular weight is 1100 g/mol. The molecule has 9 aromatic carbocycles. The Kier molecular flexibility index (Phi) is 17.5. The van der Waals surface area contributed by atoms with Crippen LogP contribution in [0, 0.1) is 11.8 Å². The number of Topliss-reactive ketones (excluding diaryl/α,β-unsaturated/α-hetero) is 2. The van der Waals surface area contributed by atoms with Gasteiger partial charge in [-0.25, -0.2) is 0 Å². The highest BCUT2D eigenvalue weighted by molar-refractivity contribution is 5.89. The highest BCUT2D eigenvalue weighted by Gasteiger charge is 2.29. The lowest BCUT2D eigenvalue weighted by Crippen LogP contribution is -2.14. The maximum Gasteiger partial charge on any atom is 0.175 e. The van der Waals surface area contributed by atoms with E-state index in [-0.39, 0.29) is 41.2 Å². The highest BCUT2D eigenvalue weighted by atomic mass is 16.1. The van der Waals surface area contributed by atoms with Crippen molar-refractivity contribution in [1.29, 1.82) is 0 Å². The summed E-state index contributed by atoms with van der Waals surface area (Å²) in [6.45, 7) is 7.75. The number of carbonyl (C=O) groups is 2. The Labute approximate surface area is 491 Å². The lowest BCUT2D eigenvalue weighted by atomic mass is 9.79. The Balaban J connectivity index is 0.000000131. The molecule has 0 radical (unpaired) electrons. The molecule has 0 spiro atoms. The van der Waals surface area contributed by atoms with Crippen LogP contribution < -0.4 is 0 Å². The van der Waals surface area contributed by atoms with Gasteiger partial charge in [0.1, 0.15) is 11.6 Å². The van der Waals surface area contributed by atoms with E-state index >= 15 is 0 Å². The Hall–Kier alpha value is -9.99. The van der Waals surface area contributed by atoms with Crippen LogP contribution in [-0.2, 0) is 16.0 Å². The monoisotopic (exact) mass is 1100 g/mol. The van der Waals surface area contributed by atoms with Crippen LogP contribution in [0.4, 0.5) is 0 Å². The maximum absolute atomic E-state index is 11.9. The van der Waals surface area contributed by atoms with Crippen LogP contribution in [0.5, 0.6) is 0 Å². The highest BCUT2D eigenvalue weighted by Crippen LogP contribution is 2.42. The first kappa shape index (κ1) is 55.9. The van der Waals surface area contributed by atoms with E-state index in [1.54, 1.807) is 13.8 Å². The van der Waals surface area contributed by atoms with Gasteiger partial charge in [0.2, 0.25) is 0 Å². The standard InChI is InChI=1S/2C26H25NO.C23H19N5/c2*1-19(17-20(2)28)26(21-11-5-3-6-12-21)24-18-27(22-13-7-4-8-14-22)25-16-10-9-15-23(24)25;1-3-9-17(10-4-1)20(15-23-24-26-27-25-23)21-16-28(18-11-5-2-6-12-18)22-14-8-7-13-19(21)22/h2*3-16,18-19,26H,17H2,1-2H3;1-14,16,20H,15H2,(H,24,25,26,27)/t19-,26?;19-,26-;/m10./s1. The lowest BCUT2D eigenvalue weighted by molar-refractivity contribution is -0.118. The fourth-order valence-corrected chi connectivity index (χ4v) is 12.4. The number of aromatic amines is 1. The molecular formula is C75H69N7O2. The van der Waals surface area contributed by atoms with Crippen LogP contribution in [0.2, 0.25) is 0 Å². The second kappa shape index (κ2) is 26.3. The quantitative estimate of drug-likeness (QED) is 0.0978. The van der Waals surface area contributed by atoms with Crippen molar-refractivity contribution < 1.29 is 9.59 Å². The summed E-state index contributed by atoms with van der Waals surface area (Å²) in [5.41, 5.74) is 14.6. The molecule has 9 nitrogen and oxygen atoms in total. The second-order valence-electron chi connectivity index (χ2n) is 22.0.